The molecule has 0 unspecified atom stereocenters. The van der Waals surface area contributed by atoms with E-state index in [1.807, 2.05) is 24.3 Å². The Bertz CT molecular complexity index is 426. The molecule has 0 spiro atoms. The number of ether oxygens (including phenoxy) is 1. The summed E-state index contributed by atoms with van der Waals surface area (Å²) < 4.78 is 5.18. The molecule has 1 aromatic rings. The van der Waals surface area contributed by atoms with Crippen LogP contribution in [0.15, 0.2) is 24.3 Å². The fourth-order valence-corrected chi connectivity index (χ4v) is 2.19. The van der Waals surface area contributed by atoms with Gasteiger partial charge in [-0.25, -0.2) is 0 Å². The first-order valence-corrected chi connectivity index (χ1v) is 8.04. The molecule has 5 heteroatoms. The minimum absolute atomic E-state index is 0.618. The van der Waals surface area contributed by atoms with E-state index in [4.69, 9.17) is 17.0 Å². The molecule has 0 heterocycles. The molecule has 1 atom stereocenters. The molecular weight excluding hydrogens is 282 g/mol. The van der Waals surface area contributed by atoms with Crippen LogP contribution in [-0.2, 0) is 0 Å². The highest BCUT2D eigenvalue weighted by Crippen LogP contribution is 2.15. The lowest BCUT2D eigenvalue weighted by molar-refractivity contribution is 0.415. The van der Waals surface area contributed by atoms with Crippen LogP contribution in [0.1, 0.15) is 39.5 Å². The zero-order valence-corrected chi connectivity index (χ0v) is 14.1. The van der Waals surface area contributed by atoms with E-state index in [0.717, 1.165) is 18.0 Å². The van der Waals surface area contributed by atoms with Gasteiger partial charge in [-0.1, -0.05) is 39.2 Å². The first kappa shape index (κ1) is 17.6. The maximum Gasteiger partial charge on any atom is 0.185 e. The van der Waals surface area contributed by atoms with E-state index in [0.29, 0.717) is 11.0 Å². The standard InChI is InChI=1S/C16H27N3OS/c1-4-6-8-13(5-2)12-17-16(21)19-18-14-9-7-10-15(11-14)20-3/h7,9-11,13,18H,4-6,8,12H2,1-3H3,(H2,17,19,21)/t13-/m1/s1. The van der Waals surface area contributed by atoms with Crippen molar-refractivity contribution in [1.29, 1.82) is 0 Å². The second-order valence-corrected chi connectivity index (χ2v) is 5.52. The molecule has 21 heavy (non-hydrogen) atoms. The molecule has 0 aromatic heterocycles. The third kappa shape index (κ3) is 7.18. The second kappa shape index (κ2) is 10.3. The molecule has 1 aromatic carbocycles. The Kier molecular flexibility index (Phi) is 8.59. The van der Waals surface area contributed by atoms with Crippen LogP contribution >= 0.6 is 12.2 Å². The van der Waals surface area contributed by atoms with Gasteiger partial charge in [0.1, 0.15) is 5.75 Å². The fourth-order valence-electron chi connectivity index (χ4n) is 2.05. The maximum absolute atomic E-state index is 5.28. The van der Waals surface area contributed by atoms with Crippen molar-refractivity contribution in [2.24, 2.45) is 5.92 Å². The van der Waals surface area contributed by atoms with Crippen molar-refractivity contribution >= 4 is 23.0 Å². The summed E-state index contributed by atoms with van der Waals surface area (Å²) in [6, 6.07) is 7.69. The Morgan fingerprint density at radius 3 is 2.81 bits per heavy atom. The van der Waals surface area contributed by atoms with Crippen molar-refractivity contribution in [3.63, 3.8) is 0 Å². The molecule has 0 radical (unpaired) electrons. The molecule has 0 bridgehead atoms. The number of unbranched alkanes of at least 4 members (excludes halogenated alkanes) is 1. The molecule has 3 N–H and O–H groups in total. The zero-order chi connectivity index (χ0) is 15.5. The Hall–Kier alpha value is -1.49. The van der Waals surface area contributed by atoms with Gasteiger partial charge < -0.3 is 10.1 Å². The van der Waals surface area contributed by atoms with Crippen LogP contribution in [-0.4, -0.2) is 18.8 Å². The average Bonchev–Trinajstić information content (AvgIpc) is 2.53. The van der Waals surface area contributed by atoms with Gasteiger partial charge in [-0.2, -0.15) is 0 Å². The van der Waals surface area contributed by atoms with E-state index < -0.39 is 0 Å². The van der Waals surface area contributed by atoms with Crippen LogP contribution in [0.25, 0.3) is 0 Å². The van der Waals surface area contributed by atoms with Crippen molar-refractivity contribution in [2.45, 2.75) is 39.5 Å². The monoisotopic (exact) mass is 309 g/mol. The minimum atomic E-state index is 0.618. The van der Waals surface area contributed by atoms with E-state index in [-0.39, 0.29) is 0 Å². The smallest absolute Gasteiger partial charge is 0.185 e. The predicted molar refractivity (Wildman–Crippen MR) is 93.7 cm³/mol. The van der Waals surface area contributed by atoms with Crippen molar-refractivity contribution < 1.29 is 4.74 Å². The van der Waals surface area contributed by atoms with Crippen molar-refractivity contribution in [3.05, 3.63) is 24.3 Å². The summed E-state index contributed by atoms with van der Waals surface area (Å²) in [5, 5.41) is 3.89. The highest BCUT2D eigenvalue weighted by molar-refractivity contribution is 7.80. The number of hydrazine groups is 1. The molecule has 0 aliphatic rings. The molecule has 0 saturated heterocycles. The third-order valence-electron chi connectivity index (χ3n) is 3.48. The van der Waals surface area contributed by atoms with Gasteiger partial charge >= 0.3 is 0 Å². The zero-order valence-electron chi connectivity index (χ0n) is 13.2. The molecule has 118 valence electrons. The number of benzene rings is 1. The lowest BCUT2D eigenvalue weighted by Crippen LogP contribution is -2.40. The van der Waals surface area contributed by atoms with Gasteiger partial charge in [0.25, 0.3) is 0 Å². The maximum atomic E-state index is 5.28. The molecule has 4 nitrogen and oxygen atoms in total. The van der Waals surface area contributed by atoms with Gasteiger partial charge in [0.15, 0.2) is 5.11 Å². The van der Waals surface area contributed by atoms with Gasteiger partial charge in [0.05, 0.1) is 12.8 Å². The average molecular weight is 309 g/mol. The lowest BCUT2D eigenvalue weighted by Gasteiger charge is -2.18. The molecular formula is C16H27N3OS. The summed E-state index contributed by atoms with van der Waals surface area (Å²) in [7, 11) is 1.65. The second-order valence-electron chi connectivity index (χ2n) is 5.11. The molecule has 0 fully saturated rings. The number of nitrogens with one attached hydrogen (secondary N) is 3. The van der Waals surface area contributed by atoms with Crippen molar-refractivity contribution in [2.75, 3.05) is 19.1 Å². The minimum Gasteiger partial charge on any atom is -0.497 e. The summed E-state index contributed by atoms with van der Waals surface area (Å²) in [5.41, 5.74) is 6.98. The normalized spacial score (nSPS) is 11.6. The first-order valence-electron chi connectivity index (χ1n) is 7.63. The highest BCUT2D eigenvalue weighted by Gasteiger charge is 2.06. The highest BCUT2D eigenvalue weighted by atomic mass is 32.1. The van der Waals surface area contributed by atoms with Gasteiger partial charge in [0, 0.05) is 12.6 Å². The van der Waals surface area contributed by atoms with E-state index in [2.05, 4.69) is 30.0 Å². The quantitative estimate of drug-likeness (QED) is 0.479. The van der Waals surface area contributed by atoms with Gasteiger partial charge in [-0.3, -0.25) is 10.9 Å². The number of thiocarbonyl (C=S) groups is 1. The number of rotatable bonds is 9. The molecule has 1 rings (SSSR count). The number of hydrogen-bond donors (Lipinski definition) is 3. The van der Waals surface area contributed by atoms with E-state index >= 15 is 0 Å². The number of anilines is 1. The molecule has 0 saturated carbocycles. The summed E-state index contributed by atoms with van der Waals surface area (Å²) in [4.78, 5) is 0. The van der Waals surface area contributed by atoms with Crippen molar-refractivity contribution in [3.8, 4) is 5.75 Å². The van der Waals surface area contributed by atoms with Crippen LogP contribution in [0.5, 0.6) is 5.75 Å². The topological polar surface area (TPSA) is 45.3 Å². The summed E-state index contributed by atoms with van der Waals surface area (Å²) >= 11 is 5.28. The van der Waals surface area contributed by atoms with Crippen LogP contribution in [0.2, 0.25) is 0 Å². The van der Waals surface area contributed by atoms with Gasteiger partial charge in [-0.15, -0.1) is 0 Å². The van der Waals surface area contributed by atoms with Gasteiger partial charge in [-0.05, 0) is 36.7 Å². The Morgan fingerprint density at radius 1 is 1.33 bits per heavy atom. The summed E-state index contributed by atoms with van der Waals surface area (Å²) in [5.74, 6) is 1.49. The van der Waals surface area contributed by atoms with Gasteiger partial charge in [0.2, 0.25) is 0 Å². The van der Waals surface area contributed by atoms with Crippen LogP contribution < -0.4 is 20.9 Å². The molecule has 0 amide bonds. The first-order chi connectivity index (χ1) is 10.2. The number of methoxy groups -OCH3 is 1. The van der Waals surface area contributed by atoms with Crippen LogP contribution in [0, 0.1) is 5.92 Å². The molecule has 0 aliphatic carbocycles. The SMILES string of the molecule is CCCC[C@@H](CC)CNC(=S)NNc1cccc(OC)c1. The lowest BCUT2D eigenvalue weighted by atomic mass is 9.99. The fraction of sp³-hybridized carbons (Fsp3) is 0.562. The summed E-state index contributed by atoms with van der Waals surface area (Å²) in [6.45, 7) is 5.37. The van der Waals surface area contributed by atoms with Crippen LogP contribution in [0.4, 0.5) is 5.69 Å². The largest absolute Gasteiger partial charge is 0.497 e. The Balaban J connectivity index is 2.29. The van der Waals surface area contributed by atoms with E-state index in [1.165, 1.54) is 25.7 Å². The van der Waals surface area contributed by atoms with E-state index in [9.17, 15) is 0 Å². The predicted octanol–water partition coefficient (Wildman–Crippen LogP) is 3.70. The Morgan fingerprint density at radius 2 is 2.14 bits per heavy atom. The van der Waals surface area contributed by atoms with Crippen LogP contribution in [0.3, 0.4) is 0 Å². The third-order valence-corrected chi connectivity index (χ3v) is 3.73. The van der Waals surface area contributed by atoms with E-state index in [1.54, 1.807) is 7.11 Å². The molecule has 0 aliphatic heterocycles. The number of hydrogen-bond acceptors (Lipinski definition) is 3. The van der Waals surface area contributed by atoms with Crippen molar-refractivity contribution in [1.82, 2.24) is 10.7 Å². The Labute approximate surface area is 133 Å². The summed E-state index contributed by atoms with van der Waals surface area (Å²) in [6.07, 6.45) is 4.96.